The average molecular weight is 359 g/mol. The minimum absolute atomic E-state index is 0.0924. The van der Waals surface area contributed by atoms with Gasteiger partial charge in [-0.15, -0.1) is 0 Å². The Hall–Kier alpha value is -1.11. The van der Waals surface area contributed by atoms with Crippen molar-refractivity contribution >= 4 is 5.78 Å². The second kappa shape index (κ2) is 7.87. The van der Waals surface area contributed by atoms with Crippen molar-refractivity contribution in [2.24, 2.45) is 22.7 Å². The first-order valence-electron chi connectivity index (χ1n) is 10.3. The molecule has 1 rings (SSSR count). The topological polar surface area (TPSA) is 17.1 Å². The van der Waals surface area contributed by atoms with Crippen LogP contribution < -0.4 is 0 Å². The minimum Gasteiger partial charge on any atom is -0.298 e. The van der Waals surface area contributed by atoms with Crippen LogP contribution in [0.15, 0.2) is 24.3 Å². The van der Waals surface area contributed by atoms with E-state index in [0.29, 0.717) is 23.5 Å². The van der Waals surface area contributed by atoms with E-state index in [1.807, 2.05) is 0 Å². The number of carbonyl (C=O) groups excluding carboxylic acids is 1. The second-order valence-electron chi connectivity index (χ2n) is 10.8. The van der Waals surface area contributed by atoms with Crippen LogP contribution in [-0.2, 0) is 10.2 Å². The third-order valence-electron chi connectivity index (χ3n) is 6.45. The van der Waals surface area contributed by atoms with Crippen LogP contribution in [-0.4, -0.2) is 5.78 Å². The van der Waals surface area contributed by atoms with Gasteiger partial charge in [0.2, 0.25) is 0 Å². The van der Waals surface area contributed by atoms with Crippen molar-refractivity contribution in [3.63, 3.8) is 0 Å². The molecule has 0 spiro atoms. The van der Waals surface area contributed by atoms with Crippen molar-refractivity contribution in [3.05, 3.63) is 35.4 Å². The molecule has 0 aliphatic rings. The third kappa shape index (κ3) is 4.78. The van der Waals surface area contributed by atoms with Gasteiger partial charge in [-0.25, -0.2) is 0 Å². The molecule has 0 aliphatic carbocycles. The molecule has 1 aromatic rings. The Morgan fingerprint density at radius 1 is 0.923 bits per heavy atom. The SMILES string of the molecule is CC(C)CC(C)(C(=O)C(C)(C)c1cccc(C(C)C)c1)C(C)C(C)(C)C. The molecule has 0 heterocycles. The Morgan fingerprint density at radius 3 is 1.88 bits per heavy atom. The molecule has 26 heavy (non-hydrogen) atoms. The summed E-state index contributed by atoms with van der Waals surface area (Å²) in [6, 6.07) is 8.63. The summed E-state index contributed by atoms with van der Waals surface area (Å²) in [5.41, 5.74) is 1.70. The summed E-state index contributed by atoms with van der Waals surface area (Å²) < 4.78 is 0. The van der Waals surface area contributed by atoms with E-state index >= 15 is 0 Å². The van der Waals surface area contributed by atoms with E-state index in [4.69, 9.17) is 0 Å². The number of ketones is 1. The summed E-state index contributed by atoms with van der Waals surface area (Å²) in [5, 5.41) is 0. The van der Waals surface area contributed by atoms with Crippen molar-refractivity contribution in [1.29, 1.82) is 0 Å². The molecule has 1 nitrogen and oxygen atoms in total. The van der Waals surface area contributed by atoms with Crippen molar-refractivity contribution < 1.29 is 4.79 Å². The smallest absolute Gasteiger partial charge is 0.148 e. The number of benzene rings is 1. The van der Waals surface area contributed by atoms with Gasteiger partial charge < -0.3 is 0 Å². The lowest BCUT2D eigenvalue weighted by atomic mass is 9.56. The molecule has 148 valence electrons. The summed E-state index contributed by atoms with van der Waals surface area (Å²) in [5.74, 6) is 1.64. The fourth-order valence-electron chi connectivity index (χ4n) is 4.40. The Kier molecular flexibility index (Phi) is 6.94. The molecule has 0 N–H and O–H groups in total. The standard InChI is InChI=1S/C25H42O/c1-17(2)16-25(11,19(5)23(6,7)8)22(26)24(9,10)21-14-12-13-20(15-21)18(3)4/h12-15,17-19H,16H2,1-11H3. The minimum atomic E-state index is -0.492. The highest BCUT2D eigenvalue weighted by Crippen LogP contribution is 2.48. The number of hydrogen-bond acceptors (Lipinski definition) is 1. The number of rotatable bonds is 7. The van der Waals surface area contributed by atoms with Crippen molar-refractivity contribution in [3.8, 4) is 0 Å². The van der Waals surface area contributed by atoms with Gasteiger partial charge in [0.25, 0.3) is 0 Å². The Labute approximate surface area is 163 Å². The highest BCUT2D eigenvalue weighted by atomic mass is 16.1. The fraction of sp³-hybridized carbons (Fsp3) is 0.720. The van der Waals surface area contributed by atoms with E-state index in [2.05, 4.69) is 100 Å². The first kappa shape index (κ1) is 22.9. The van der Waals surface area contributed by atoms with Crippen LogP contribution in [0.2, 0.25) is 0 Å². The maximum absolute atomic E-state index is 14.0. The maximum Gasteiger partial charge on any atom is 0.148 e. The zero-order valence-corrected chi connectivity index (χ0v) is 19.2. The molecular weight excluding hydrogens is 316 g/mol. The van der Waals surface area contributed by atoms with Crippen LogP contribution in [0, 0.1) is 22.7 Å². The van der Waals surface area contributed by atoms with Gasteiger partial charge in [-0.2, -0.15) is 0 Å². The number of Topliss-reactive ketones (excluding diaryl/α,β-unsaturated/α-hetero) is 1. The van der Waals surface area contributed by atoms with E-state index < -0.39 is 5.41 Å². The molecule has 0 saturated heterocycles. The predicted octanol–water partition coefficient (Wildman–Crippen LogP) is 7.39. The normalized spacial score (nSPS) is 16.7. The Bertz CT molecular complexity index is 615. The van der Waals surface area contributed by atoms with Gasteiger partial charge in [-0.05, 0) is 54.6 Å². The molecule has 1 heteroatoms. The average Bonchev–Trinajstić information content (AvgIpc) is 2.51. The molecule has 0 saturated carbocycles. The lowest BCUT2D eigenvalue weighted by Gasteiger charge is -2.46. The predicted molar refractivity (Wildman–Crippen MR) is 115 cm³/mol. The first-order valence-corrected chi connectivity index (χ1v) is 10.3. The van der Waals surface area contributed by atoms with Crippen LogP contribution in [0.25, 0.3) is 0 Å². The molecule has 1 aromatic carbocycles. The highest BCUT2D eigenvalue weighted by molar-refractivity contribution is 5.94. The van der Waals surface area contributed by atoms with Crippen molar-refractivity contribution in [1.82, 2.24) is 0 Å². The van der Waals surface area contributed by atoms with Gasteiger partial charge in [0.1, 0.15) is 5.78 Å². The van der Waals surface area contributed by atoms with Gasteiger partial charge in [-0.1, -0.05) is 86.6 Å². The number of carbonyl (C=O) groups is 1. The van der Waals surface area contributed by atoms with E-state index in [0.717, 1.165) is 12.0 Å². The van der Waals surface area contributed by atoms with E-state index in [9.17, 15) is 4.79 Å². The molecule has 2 unspecified atom stereocenters. The molecule has 0 amide bonds. The summed E-state index contributed by atoms with van der Waals surface area (Å²) in [7, 11) is 0. The quantitative estimate of drug-likeness (QED) is 0.496. The fourth-order valence-corrected chi connectivity index (χ4v) is 4.40. The van der Waals surface area contributed by atoms with Gasteiger partial charge in [-0.3, -0.25) is 4.79 Å². The molecule has 0 bridgehead atoms. The lowest BCUT2D eigenvalue weighted by molar-refractivity contribution is -0.139. The maximum atomic E-state index is 14.0. The molecule has 0 aromatic heterocycles. The van der Waals surface area contributed by atoms with Gasteiger partial charge >= 0.3 is 0 Å². The molecular formula is C25H42O. The summed E-state index contributed by atoms with van der Waals surface area (Å²) >= 11 is 0. The van der Waals surface area contributed by atoms with Crippen LogP contribution in [0.3, 0.4) is 0 Å². The zero-order chi connectivity index (χ0) is 20.5. The molecule has 0 aliphatic heterocycles. The summed E-state index contributed by atoms with van der Waals surface area (Å²) in [6.07, 6.45) is 0.928. The van der Waals surface area contributed by atoms with Crippen LogP contribution >= 0.6 is 0 Å². The summed E-state index contributed by atoms with van der Waals surface area (Å²) in [4.78, 5) is 14.0. The largest absolute Gasteiger partial charge is 0.298 e. The Morgan fingerprint density at radius 2 is 1.46 bits per heavy atom. The lowest BCUT2D eigenvalue weighted by Crippen LogP contribution is -2.49. The van der Waals surface area contributed by atoms with Gasteiger partial charge in [0.15, 0.2) is 0 Å². The van der Waals surface area contributed by atoms with Crippen LogP contribution in [0.4, 0.5) is 0 Å². The zero-order valence-electron chi connectivity index (χ0n) is 19.2. The van der Waals surface area contributed by atoms with E-state index in [1.54, 1.807) is 0 Å². The molecule has 0 fully saturated rings. The second-order valence-corrected chi connectivity index (χ2v) is 10.8. The third-order valence-corrected chi connectivity index (χ3v) is 6.45. The van der Waals surface area contributed by atoms with Crippen LogP contribution in [0.1, 0.15) is 99.6 Å². The van der Waals surface area contributed by atoms with Crippen LogP contribution in [0.5, 0.6) is 0 Å². The monoisotopic (exact) mass is 358 g/mol. The van der Waals surface area contributed by atoms with Crippen molar-refractivity contribution in [2.45, 2.75) is 93.9 Å². The molecule has 0 radical (unpaired) electrons. The van der Waals surface area contributed by atoms with E-state index in [-0.39, 0.29) is 10.8 Å². The van der Waals surface area contributed by atoms with Crippen molar-refractivity contribution in [2.75, 3.05) is 0 Å². The molecule has 2 atom stereocenters. The Balaban J connectivity index is 3.43. The van der Waals surface area contributed by atoms with Gasteiger partial charge in [0.05, 0.1) is 0 Å². The first-order chi connectivity index (χ1) is 11.6. The summed E-state index contributed by atoms with van der Waals surface area (Å²) in [6.45, 7) is 24.4. The number of hydrogen-bond donors (Lipinski definition) is 0. The highest BCUT2D eigenvalue weighted by Gasteiger charge is 2.49. The van der Waals surface area contributed by atoms with Gasteiger partial charge in [0, 0.05) is 10.8 Å². The van der Waals surface area contributed by atoms with E-state index in [1.165, 1.54) is 5.56 Å².